The molecule has 3 rings (SSSR count). The van der Waals surface area contributed by atoms with Gasteiger partial charge in [0.05, 0.1) is 18.1 Å². The molecule has 0 radical (unpaired) electrons. The lowest BCUT2D eigenvalue weighted by Crippen LogP contribution is -2.52. The van der Waals surface area contributed by atoms with Gasteiger partial charge in [0.25, 0.3) is 0 Å². The Morgan fingerprint density at radius 3 is 2.52 bits per heavy atom. The smallest absolute Gasteiger partial charge is 0.230 e. The van der Waals surface area contributed by atoms with Crippen molar-refractivity contribution in [2.45, 2.75) is 58.5 Å². The molecular formula is C20H39Cl2N3O2. The number of nitrogens with zero attached hydrogens (tertiary/aromatic N) is 2. The van der Waals surface area contributed by atoms with Crippen LogP contribution in [0.5, 0.6) is 0 Å². The summed E-state index contributed by atoms with van der Waals surface area (Å²) in [5, 5.41) is 3.51. The number of rotatable bonds is 7. The van der Waals surface area contributed by atoms with Gasteiger partial charge in [-0.05, 0) is 51.2 Å². The van der Waals surface area contributed by atoms with Crippen LogP contribution in [0, 0.1) is 11.3 Å². The van der Waals surface area contributed by atoms with Gasteiger partial charge in [-0.15, -0.1) is 24.8 Å². The maximum Gasteiger partial charge on any atom is 0.230 e. The zero-order valence-electron chi connectivity index (χ0n) is 17.1. The Balaban J connectivity index is 0.00000182. The molecule has 160 valence electrons. The Morgan fingerprint density at radius 2 is 1.85 bits per heavy atom. The Morgan fingerprint density at radius 1 is 1.15 bits per heavy atom. The number of amides is 1. The van der Waals surface area contributed by atoms with Crippen LogP contribution in [0.3, 0.4) is 0 Å². The second-order valence-electron chi connectivity index (χ2n) is 8.12. The summed E-state index contributed by atoms with van der Waals surface area (Å²) in [6, 6.07) is 0. The number of carbonyl (C=O) groups is 1. The van der Waals surface area contributed by atoms with Gasteiger partial charge in [-0.3, -0.25) is 4.79 Å². The standard InChI is InChI=1S/C20H37N3O2.2ClH/c1-3-22(4-2)13-14-25-18-8-11-23(12-9-18)19(24)20-10-6-5-7-17(20)15-21-16-20;;/h17-18,21H,3-16H2,1-2H3;2*1H/t17-,20+;;/m0../s1. The van der Waals surface area contributed by atoms with Crippen molar-refractivity contribution in [2.75, 3.05) is 52.4 Å². The summed E-state index contributed by atoms with van der Waals surface area (Å²) in [6.45, 7) is 12.1. The van der Waals surface area contributed by atoms with Gasteiger partial charge in [0.15, 0.2) is 0 Å². The average molecular weight is 424 g/mol. The van der Waals surface area contributed by atoms with Crippen molar-refractivity contribution < 1.29 is 9.53 Å². The maximum absolute atomic E-state index is 13.3. The molecule has 2 atom stereocenters. The number of likely N-dealkylation sites (N-methyl/N-ethyl adjacent to an activating group) is 1. The van der Waals surface area contributed by atoms with Crippen LogP contribution in [-0.4, -0.2) is 74.2 Å². The molecule has 0 aromatic heterocycles. The molecule has 1 saturated carbocycles. The fourth-order valence-corrected chi connectivity index (χ4v) is 5.10. The van der Waals surface area contributed by atoms with Gasteiger partial charge >= 0.3 is 0 Å². The van der Waals surface area contributed by atoms with Crippen LogP contribution in [0.4, 0.5) is 0 Å². The molecule has 3 aliphatic rings. The molecule has 0 aromatic rings. The molecule has 7 heteroatoms. The third kappa shape index (κ3) is 5.72. The molecule has 0 aromatic carbocycles. The Bertz CT molecular complexity index is 443. The van der Waals surface area contributed by atoms with Crippen molar-refractivity contribution in [1.82, 2.24) is 15.1 Å². The largest absolute Gasteiger partial charge is 0.377 e. The van der Waals surface area contributed by atoms with E-state index in [1.807, 2.05) is 0 Å². The molecule has 1 amide bonds. The van der Waals surface area contributed by atoms with Crippen molar-refractivity contribution >= 4 is 30.7 Å². The molecule has 2 saturated heterocycles. The van der Waals surface area contributed by atoms with Crippen LogP contribution in [0.15, 0.2) is 0 Å². The fraction of sp³-hybridized carbons (Fsp3) is 0.950. The van der Waals surface area contributed by atoms with Crippen molar-refractivity contribution in [3.05, 3.63) is 0 Å². The highest BCUT2D eigenvalue weighted by Gasteiger charge is 2.51. The second-order valence-corrected chi connectivity index (χ2v) is 8.12. The first-order valence-corrected chi connectivity index (χ1v) is 10.5. The summed E-state index contributed by atoms with van der Waals surface area (Å²) in [7, 11) is 0. The fourth-order valence-electron chi connectivity index (χ4n) is 5.10. The monoisotopic (exact) mass is 423 g/mol. The van der Waals surface area contributed by atoms with Crippen LogP contribution < -0.4 is 5.32 Å². The molecule has 27 heavy (non-hydrogen) atoms. The third-order valence-corrected chi connectivity index (χ3v) is 6.85. The number of likely N-dealkylation sites (tertiary alicyclic amines) is 1. The van der Waals surface area contributed by atoms with E-state index in [9.17, 15) is 4.79 Å². The lowest BCUT2D eigenvalue weighted by molar-refractivity contribution is -0.148. The normalized spacial score (nSPS) is 28.4. The minimum Gasteiger partial charge on any atom is -0.377 e. The highest BCUT2D eigenvalue weighted by Crippen LogP contribution is 2.45. The number of ether oxygens (including phenoxy) is 1. The molecule has 1 N–H and O–H groups in total. The summed E-state index contributed by atoms with van der Waals surface area (Å²) in [5.41, 5.74) is -0.0886. The van der Waals surface area contributed by atoms with Crippen LogP contribution in [-0.2, 0) is 9.53 Å². The molecule has 1 aliphatic carbocycles. The molecule has 0 unspecified atom stereocenters. The van der Waals surface area contributed by atoms with E-state index < -0.39 is 0 Å². The van der Waals surface area contributed by atoms with E-state index in [0.29, 0.717) is 17.9 Å². The molecule has 2 aliphatic heterocycles. The Hall–Kier alpha value is -0.0700. The maximum atomic E-state index is 13.3. The number of piperidine rings is 1. The summed E-state index contributed by atoms with van der Waals surface area (Å²) < 4.78 is 6.08. The van der Waals surface area contributed by atoms with E-state index in [2.05, 4.69) is 29.0 Å². The van der Waals surface area contributed by atoms with Crippen LogP contribution in [0.2, 0.25) is 0 Å². The Kier molecular flexibility index (Phi) is 10.9. The lowest BCUT2D eigenvalue weighted by Gasteiger charge is -2.43. The summed E-state index contributed by atoms with van der Waals surface area (Å²) in [6.07, 6.45) is 7.16. The van der Waals surface area contributed by atoms with Gasteiger partial charge in [-0.1, -0.05) is 26.7 Å². The quantitative estimate of drug-likeness (QED) is 0.683. The first kappa shape index (κ1) is 25.0. The zero-order chi connectivity index (χ0) is 17.7. The molecular weight excluding hydrogens is 385 g/mol. The minimum absolute atomic E-state index is 0. The number of carbonyl (C=O) groups excluding carboxylic acids is 1. The van der Waals surface area contributed by atoms with Crippen molar-refractivity contribution in [1.29, 1.82) is 0 Å². The number of nitrogens with one attached hydrogen (secondary N) is 1. The summed E-state index contributed by atoms with van der Waals surface area (Å²) in [5.74, 6) is 1.00. The zero-order valence-corrected chi connectivity index (χ0v) is 18.7. The van der Waals surface area contributed by atoms with Crippen molar-refractivity contribution in [3.63, 3.8) is 0 Å². The molecule has 3 fully saturated rings. The van der Waals surface area contributed by atoms with Gasteiger partial charge in [0, 0.05) is 26.2 Å². The van der Waals surface area contributed by atoms with E-state index in [0.717, 1.165) is 71.7 Å². The lowest BCUT2D eigenvalue weighted by atomic mass is 9.67. The highest BCUT2D eigenvalue weighted by molar-refractivity contribution is 5.85. The van der Waals surface area contributed by atoms with E-state index in [-0.39, 0.29) is 30.2 Å². The predicted octanol–water partition coefficient (Wildman–Crippen LogP) is 2.96. The first-order valence-electron chi connectivity index (χ1n) is 10.5. The topological polar surface area (TPSA) is 44.8 Å². The number of hydrogen-bond donors (Lipinski definition) is 1. The van der Waals surface area contributed by atoms with Crippen LogP contribution in [0.25, 0.3) is 0 Å². The van der Waals surface area contributed by atoms with Gasteiger partial charge in [0.1, 0.15) is 0 Å². The van der Waals surface area contributed by atoms with E-state index >= 15 is 0 Å². The minimum atomic E-state index is -0.0886. The first-order chi connectivity index (χ1) is 12.2. The predicted molar refractivity (Wildman–Crippen MR) is 115 cm³/mol. The van der Waals surface area contributed by atoms with Crippen LogP contribution in [0.1, 0.15) is 52.4 Å². The van der Waals surface area contributed by atoms with Crippen molar-refractivity contribution in [3.8, 4) is 0 Å². The Labute approximate surface area is 177 Å². The highest BCUT2D eigenvalue weighted by atomic mass is 35.5. The summed E-state index contributed by atoms with van der Waals surface area (Å²) >= 11 is 0. The summed E-state index contributed by atoms with van der Waals surface area (Å²) in [4.78, 5) is 17.8. The van der Waals surface area contributed by atoms with Gasteiger partial charge in [0.2, 0.25) is 5.91 Å². The molecule has 2 heterocycles. The van der Waals surface area contributed by atoms with E-state index in [1.54, 1.807) is 0 Å². The van der Waals surface area contributed by atoms with Crippen LogP contribution >= 0.6 is 24.8 Å². The van der Waals surface area contributed by atoms with Gasteiger partial charge in [-0.25, -0.2) is 0 Å². The van der Waals surface area contributed by atoms with Gasteiger partial charge < -0.3 is 19.9 Å². The molecule has 0 spiro atoms. The molecule has 0 bridgehead atoms. The second kappa shape index (κ2) is 11.8. The average Bonchev–Trinajstić information content (AvgIpc) is 3.10. The van der Waals surface area contributed by atoms with E-state index in [4.69, 9.17) is 4.74 Å². The number of hydrogen-bond acceptors (Lipinski definition) is 4. The van der Waals surface area contributed by atoms with Crippen molar-refractivity contribution in [2.24, 2.45) is 11.3 Å². The molecule has 5 nitrogen and oxygen atoms in total. The van der Waals surface area contributed by atoms with Gasteiger partial charge in [-0.2, -0.15) is 0 Å². The van der Waals surface area contributed by atoms with E-state index in [1.165, 1.54) is 19.3 Å². The number of fused-ring (bicyclic) bond motifs is 1. The SMILES string of the molecule is CCN(CC)CCOC1CCN(C(=O)[C@@]23CCCC[C@H]2CNC3)CC1.Cl.Cl. The third-order valence-electron chi connectivity index (χ3n) is 6.85. The number of halogens is 2.